The third-order valence-corrected chi connectivity index (χ3v) is 3.78. The molecule has 0 heterocycles. The van der Waals surface area contributed by atoms with Gasteiger partial charge in [-0.05, 0) is 58.4 Å². The molecule has 0 radical (unpaired) electrons. The molecule has 1 aromatic rings. The van der Waals surface area contributed by atoms with E-state index in [2.05, 4.69) is 42.0 Å². The number of benzene rings is 1. The van der Waals surface area contributed by atoms with Crippen LogP contribution in [0.15, 0.2) is 22.7 Å². The molecule has 2 N–H and O–H groups in total. The minimum Gasteiger partial charge on any atom is -0.492 e. The number of rotatable bonds is 6. The van der Waals surface area contributed by atoms with Gasteiger partial charge in [0, 0.05) is 16.6 Å². The molecule has 118 valence electrons. The predicted molar refractivity (Wildman–Crippen MR) is 87.6 cm³/mol. The lowest BCUT2D eigenvalue weighted by Crippen LogP contribution is -2.35. The van der Waals surface area contributed by atoms with E-state index >= 15 is 0 Å². The predicted octanol–water partition coefficient (Wildman–Crippen LogP) is 3.83. The van der Waals surface area contributed by atoms with E-state index in [1.54, 1.807) is 13.8 Å². The van der Waals surface area contributed by atoms with Gasteiger partial charge in [-0.25, -0.2) is 0 Å². The number of hydrogen-bond donors (Lipinski definition) is 2. The number of carbonyl (C=O) groups is 1. The van der Waals surface area contributed by atoms with Crippen molar-refractivity contribution in [2.75, 3.05) is 6.61 Å². The molecule has 4 nitrogen and oxygen atoms in total. The van der Waals surface area contributed by atoms with Gasteiger partial charge >= 0.3 is 5.97 Å². The van der Waals surface area contributed by atoms with Crippen molar-refractivity contribution >= 4 is 21.9 Å². The first kappa shape index (κ1) is 18.0. The van der Waals surface area contributed by atoms with Gasteiger partial charge < -0.3 is 15.2 Å². The molecule has 0 fully saturated rings. The van der Waals surface area contributed by atoms with Gasteiger partial charge in [0.05, 0.1) is 5.41 Å². The fraction of sp³-hybridized carbons (Fsp3) is 0.562. The number of ether oxygens (including phenoxy) is 1. The minimum absolute atomic E-state index is 0.0294. The molecule has 0 aliphatic carbocycles. The molecule has 0 saturated heterocycles. The Bertz CT molecular complexity index is 507. The van der Waals surface area contributed by atoms with Crippen molar-refractivity contribution in [2.24, 2.45) is 5.41 Å². The normalized spacial score (nSPS) is 12.3. The number of nitrogens with one attached hydrogen (secondary N) is 1. The van der Waals surface area contributed by atoms with Gasteiger partial charge in [0.25, 0.3) is 0 Å². The molecular weight excluding hydrogens is 334 g/mol. The van der Waals surface area contributed by atoms with Crippen molar-refractivity contribution in [3.05, 3.63) is 28.2 Å². The molecule has 0 aliphatic heterocycles. The van der Waals surface area contributed by atoms with Crippen LogP contribution in [0.1, 0.15) is 40.2 Å². The zero-order valence-corrected chi connectivity index (χ0v) is 14.9. The van der Waals surface area contributed by atoms with Gasteiger partial charge in [0.1, 0.15) is 12.4 Å². The average Bonchev–Trinajstić information content (AvgIpc) is 2.35. The number of carboxylic acid groups (broad SMARTS) is 1. The van der Waals surface area contributed by atoms with E-state index in [1.807, 2.05) is 18.2 Å². The highest BCUT2D eigenvalue weighted by atomic mass is 79.9. The van der Waals surface area contributed by atoms with Gasteiger partial charge in [-0.2, -0.15) is 0 Å². The third kappa shape index (κ3) is 6.06. The van der Waals surface area contributed by atoms with Crippen LogP contribution in [0.3, 0.4) is 0 Å². The van der Waals surface area contributed by atoms with Gasteiger partial charge in [-0.1, -0.05) is 15.9 Å². The second-order valence-electron chi connectivity index (χ2n) is 6.83. The Morgan fingerprint density at radius 2 is 1.90 bits per heavy atom. The van der Waals surface area contributed by atoms with Crippen molar-refractivity contribution < 1.29 is 14.6 Å². The molecule has 0 spiro atoms. The highest BCUT2D eigenvalue weighted by molar-refractivity contribution is 9.10. The lowest BCUT2D eigenvalue weighted by molar-refractivity contribution is -0.148. The van der Waals surface area contributed by atoms with E-state index in [4.69, 9.17) is 9.84 Å². The summed E-state index contributed by atoms with van der Waals surface area (Å²) in [7, 11) is 0. The highest BCUT2D eigenvalue weighted by Crippen LogP contribution is 2.25. The first-order valence-corrected chi connectivity index (χ1v) is 7.70. The molecule has 0 amide bonds. The van der Waals surface area contributed by atoms with Crippen LogP contribution in [-0.4, -0.2) is 23.2 Å². The maximum Gasteiger partial charge on any atom is 0.312 e. The average molecular weight is 358 g/mol. The first-order chi connectivity index (χ1) is 9.51. The lowest BCUT2D eigenvalue weighted by atomic mass is 9.95. The van der Waals surface area contributed by atoms with Crippen LogP contribution in [-0.2, 0) is 11.3 Å². The van der Waals surface area contributed by atoms with Gasteiger partial charge in [-0.3, -0.25) is 4.79 Å². The number of carboxylic acids is 1. The third-order valence-electron chi connectivity index (χ3n) is 3.00. The SMILES string of the molecule is CC(C)(C)NCc1cc(OCC(C)(C)C(=O)O)ccc1Br. The van der Waals surface area contributed by atoms with Crippen LogP contribution in [0.25, 0.3) is 0 Å². The summed E-state index contributed by atoms with van der Waals surface area (Å²) in [6.07, 6.45) is 0. The molecule has 1 rings (SSSR count). The van der Waals surface area contributed by atoms with Gasteiger partial charge in [-0.15, -0.1) is 0 Å². The van der Waals surface area contributed by atoms with E-state index in [1.165, 1.54) is 0 Å². The van der Waals surface area contributed by atoms with Gasteiger partial charge in [0.15, 0.2) is 0 Å². The second-order valence-corrected chi connectivity index (χ2v) is 7.69. The van der Waals surface area contributed by atoms with Crippen LogP contribution in [0.5, 0.6) is 5.75 Å². The van der Waals surface area contributed by atoms with Crippen molar-refractivity contribution in [3.8, 4) is 5.75 Å². The molecule has 0 unspecified atom stereocenters. The summed E-state index contributed by atoms with van der Waals surface area (Å²) in [6, 6.07) is 5.69. The molecule has 0 aromatic heterocycles. The fourth-order valence-electron chi connectivity index (χ4n) is 1.46. The minimum atomic E-state index is -0.906. The Kier molecular flexibility index (Phi) is 5.82. The molecular formula is C16H24BrNO3. The monoisotopic (exact) mass is 357 g/mol. The Morgan fingerprint density at radius 3 is 2.43 bits per heavy atom. The van der Waals surface area contributed by atoms with E-state index < -0.39 is 11.4 Å². The first-order valence-electron chi connectivity index (χ1n) is 6.91. The number of halogens is 1. The molecule has 5 heteroatoms. The Balaban J connectivity index is 2.75. The molecule has 0 atom stereocenters. The quantitative estimate of drug-likeness (QED) is 0.812. The summed E-state index contributed by atoms with van der Waals surface area (Å²) in [5, 5.41) is 12.5. The van der Waals surface area contributed by atoms with Crippen molar-refractivity contribution in [3.63, 3.8) is 0 Å². The van der Waals surface area contributed by atoms with E-state index in [-0.39, 0.29) is 12.1 Å². The topological polar surface area (TPSA) is 58.6 Å². The second kappa shape index (κ2) is 6.79. The summed E-state index contributed by atoms with van der Waals surface area (Å²) in [5.74, 6) is -0.188. The molecule has 1 aromatic carbocycles. The summed E-state index contributed by atoms with van der Waals surface area (Å²) in [5.41, 5.74) is 0.203. The lowest BCUT2D eigenvalue weighted by Gasteiger charge is -2.22. The molecule has 0 aliphatic rings. The van der Waals surface area contributed by atoms with Crippen LogP contribution >= 0.6 is 15.9 Å². The van der Waals surface area contributed by atoms with Gasteiger partial charge in [0.2, 0.25) is 0 Å². The van der Waals surface area contributed by atoms with E-state index in [9.17, 15) is 4.79 Å². The highest BCUT2D eigenvalue weighted by Gasteiger charge is 2.28. The standard InChI is InChI=1S/C16H24BrNO3/c1-15(2,3)18-9-11-8-12(6-7-13(11)17)21-10-16(4,5)14(19)20/h6-8,18H,9-10H2,1-5H3,(H,19,20). The fourth-order valence-corrected chi connectivity index (χ4v) is 1.85. The van der Waals surface area contributed by atoms with Crippen LogP contribution in [0.4, 0.5) is 0 Å². The van der Waals surface area contributed by atoms with Crippen LogP contribution in [0, 0.1) is 5.41 Å². The summed E-state index contributed by atoms with van der Waals surface area (Å²) in [4.78, 5) is 11.1. The van der Waals surface area contributed by atoms with Crippen LogP contribution < -0.4 is 10.1 Å². The number of aliphatic carboxylic acids is 1. The smallest absolute Gasteiger partial charge is 0.312 e. The maximum absolute atomic E-state index is 11.1. The zero-order chi connectivity index (χ0) is 16.3. The summed E-state index contributed by atoms with van der Waals surface area (Å²) in [6.45, 7) is 10.5. The Labute approximate surface area is 135 Å². The largest absolute Gasteiger partial charge is 0.492 e. The van der Waals surface area contributed by atoms with E-state index in [0.29, 0.717) is 12.3 Å². The van der Waals surface area contributed by atoms with Crippen molar-refractivity contribution in [1.82, 2.24) is 5.32 Å². The molecule has 21 heavy (non-hydrogen) atoms. The summed E-state index contributed by atoms with van der Waals surface area (Å²) < 4.78 is 6.63. The van der Waals surface area contributed by atoms with Crippen LogP contribution in [0.2, 0.25) is 0 Å². The zero-order valence-electron chi connectivity index (χ0n) is 13.3. The Morgan fingerprint density at radius 1 is 1.29 bits per heavy atom. The van der Waals surface area contributed by atoms with Crippen molar-refractivity contribution in [1.29, 1.82) is 0 Å². The van der Waals surface area contributed by atoms with E-state index in [0.717, 1.165) is 10.0 Å². The molecule has 0 saturated carbocycles. The molecule has 0 bridgehead atoms. The summed E-state index contributed by atoms with van der Waals surface area (Å²) >= 11 is 3.52. The van der Waals surface area contributed by atoms with Crippen molar-refractivity contribution in [2.45, 2.75) is 46.7 Å². The maximum atomic E-state index is 11.1. The Hall–Kier alpha value is -1.07. The number of hydrogen-bond acceptors (Lipinski definition) is 3.